The minimum atomic E-state index is -1.38. The molecule has 3 amide bonds. The van der Waals surface area contributed by atoms with Crippen LogP contribution in [0.5, 0.6) is 0 Å². The lowest BCUT2D eigenvalue weighted by Crippen LogP contribution is -2.58. The Labute approximate surface area is 215 Å². The molecule has 0 aliphatic carbocycles. The van der Waals surface area contributed by atoms with Crippen LogP contribution in [0, 0.1) is 5.92 Å². The Morgan fingerprint density at radius 3 is 1.65 bits per heavy atom. The molecule has 0 aromatic rings. The molecular formula is C21H42N10O6. The highest BCUT2D eigenvalue weighted by Gasteiger charge is 2.30. The zero-order valence-corrected chi connectivity index (χ0v) is 21.4. The van der Waals surface area contributed by atoms with E-state index in [1.54, 1.807) is 6.92 Å². The maximum absolute atomic E-state index is 12.9. The summed E-state index contributed by atoms with van der Waals surface area (Å²) >= 11 is 0. The van der Waals surface area contributed by atoms with Gasteiger partial charge in [0.1, 0.15) is 18.1 Å². The number of aliphatic imine (C=N–C) groups is 2. The number of nitrogens with one attached hydrogen (secondary N) is 3. The third-order valence-corrected chi connectivity index (χ3v) is 5.51. The average molecular weight is 531 g/mol. The van der Waals surface area contributed by atoms with Crippen molar-refractivity contribution >= 4 is 35.6 Å². The molecule has 0 aliphatic heterocycles. The number of carboxylic acid groups (broad SMARTS) is 1. The molecule has 212 valence electrons. The Bertz CT molecular complexity index is 814. The van der Waals surface area contributed by atoms with Crippen LogP contribution < -0.4 is 44.6 Å². The normalized spacial score (nSPS) is 14.7. The number of guanidine groups is 2. The maximum Gasteiger partial charge on any atom is 0.326 e. The molecule has 0 fully saturated rings. The maximum atomic E-state index is 12.9. The Balaban J connectivity index is 5.45. The molecule has 37 heavy (non-hydrogen) atoms. The van der Waals surface area contributed by atoms with Crippen LogP contribution in [0.4, 0.5) is 0 Å². The molecule has 0 spiro atoms. The van der Waals surface area contributed by atoms with Gasteiger partial charge in [-0.2, -0.15) is 0 Å². The van der Waals surface area contributed by atoms with Crippen LogP contribution in [-0.4, -0.2) is 89.7 Å². The minimum absolute atomic E-state index is 0.0232. The number of carboxylic acids is 1. The number of rotatable bonds is 18. The smallest absolute Gasteiger partial charge is 0.326 e. The zero-order chi connectivity index (χ0) is 28.5. The second kappa shape index (κ2) is 17.7. The number of hydrogen-bond acceptors (Lipinski definition) is 8. The van der Waals surface area contributed by atoms with Crippen molar-refractivity contribution in [3.05, 3.63) is 0 Å². The number of amides is 3. The van der Waals surface area contributed by atoms with Gasteiger partial charge >= 0.3 is 5.97 Å². The van der Waals surface area contributed by atoms with E-state index >= 15 is 0 Å². The van der Waals surface area contributed by atoms with Gasteiger partial charge in [0.25, 0.3) is 0 Å². The van der Waals surface area contributed by atoms with Gasteiger partial charge in [-0.1, -0.05) is 20.3 Å². The molecule has 0 aliphatic rings. The van der Waals surface area contributed by atoms with Gasteiger partial charge in [-0.3, -0.25) is 24.4 Å². The first-order chi connectivity index (χ1) is 17.3. The average Bonchev–Trinajstić information content (AvgIpc) is 2.84. The first-order valence-electron chi connectivity index (χ1n) is 11.9. The van der Waals surface area contributed by atoms with Crippen LogP contribution >= 0.6 is 0 Å². The van der Waals surface area contributed by atoms with Gasteiger partial charge < -0.3 is 54.8 Å². The fourth-order valence-corrected chi connectivity index (χ4v) is 3.05. The van der Waals surface area contributed by atoms with Crippen LogP contribution in [0.1, 0.15) is 46.0 Å². The zero-order valence-electron chi connectivity index (χ0n) is 21.4. The summed E-state index contributed by atoms with van der Waals surface area (Å²) < 4.78 is 0. The summed E-state index contributed by atoms with van der Waals surface area (Å²) in [6.07, 6.45) is 1.21. The van der Waals surface area contributed by atoms with Crippen LogP contribution in [0.15, 0.2) is 9.98 Å². The second-order valence-electron chi connectivity index (χ2n) is 8.51. The monoisotopic (exact) mass is 530 g/mol. The number of nitrogens with two attached hydrogens (primary N) is 5. The molecule has 16 heteroatoms. The van der Waals surface area contributed by atoms with E-state index in [-0.39, 0.29) is 56.6 Å². The Morgan fingerprint density at radius 1 is 0.784 bits per heavy atom. The highest BCUT2D eigenvalue weighted by Crippen LogP contribution is 2.07. The van der Waals surface area contributed by atoms with Gasteiger partial charge in [0, 0.05) is 13.1 Å². The molecule has 15 N–H and O–H groups in total. The fraction of sp³-hybridized carbons (Fsp3) is 0.714. The number of carbonyl (C=O) groups excluding carboxylic acids is 3. The van der Waals surface area contributed by atoms with Crippen LogP contribution in [-0.2, 0) is 19.2 Å². The Kier molecular flexibility index (Phi) is 16.0. The second-order valence-corrected chi connectivity index (χ2v) is 8.51. The number of aliphatic hydroxyl groups excluding tert-OH is 1. The summed E-state index contributed by atoms with van der Waals surface area (Å²) in [5.74, 6) is -4.03. The van der Waals surface area contributed by atoms with Gasteiger partial charge in [-0.15, -0.1) is 0 Å². The molecule has 0 rings (SSSR count). The largest absolute Gasteiger partial charge is 0.480 e. The summed E-state index contributed by atoms with van der Waals surface area (Å²) in [5.41, 5.74) is 27.0. The fourth-order valence-electron chi connectivity index (χ4n) is 3.05. The van der Waals surface area contributed by atoms with Crippen molar-refractivity contribution in [3.63, 3.8) is 0 Å². The topological polar surface area (TPSA) is 300 Å². The molecule has 5 unspecified atom stereocenters. The van der Waals surface area contributed by atoms with E-state index in [0.717, 1.165) is 0 Å². The van der Waals surface area contributed by atoms with E-state index in [2.05, 4.69) is 25.9 Å². The van der Waals surface area contributed by atoms with E-state index in [0.29, 0.717) is 6.42 Å². The molecule has 0 saturated heterocycles. The van der Waals surface area contributed by atoms with Crippen molar-refractivity contribution in [3.8, 4) is 0 Å². The quantitative estimate of drug-likeness (QED) is 0.0462. The van der Waals surface area contributed by atoms with Gasteiger partial charge in [0.2, 0.25) is 17.7 Å². The third-order valence-electron chi connectivity index (χ3n) is 5.51. The van der Waals surface area contributed by atoms with Crippen molar-refractivity contribution in [1.82, 2.24) is 16.0 Å². The molecule has 0 radical (unpaired) electrons. The van der Waals surface area contributed by atoms with E-state index in [4.69, 9.17) is 28.7 Å². The Hall–Kier alpha value is -3.66. The summed E-state index contributed by atoms with van der Waals surface area (Å²) in [6, 6.07) is -4.78. The first kappa shape index (κ1) is 33.3. The van der Waals surface area contributed by atoms with E-state index in [9.17, 15) is 29.4 Å². The van der Waals surface area contributed by atoms with E-state index in [1.165, 1.54) is 0 Å². The predicted molar refractivity (Wildman–Crippen MR) is 138 cm³/mol. The lowest BCUT2D eigenvalue weighted by atomic mass is 9.99. The molecule has 5 atom stereocenters. The first-order valence-corrected chi connectivity index (χ1v) is 11.9. The van der Waals surface area contributed by atoms with Crippen LogP contribution in [0.2, 0.25) is 0 Å². The molecule has 0 aromatic heterocycles. The number of hydrogen-bond donors (Lipinski definition) is 10. The van der Waals surface area contributed by atoms with E-state index < -0.39 is 54.5 Å². The minimum Gasteiger partial charge on any atom is -0.480 e. The van der Waals surface area contributed by atoms with Crippen molar-refractivity contribution in [2.45, 2.75) is 70.1 Å². The van der Waals surface area contributed by atoms with E-state index in [1.807, 2.05) is 6.92 Å². The number of aliphatic carboxylic acids is 1. The summed E-state index contributed by atoms with van der Waals surface area (Å²) in [5, 5.41) is 26.3. The highest BCUT2D eigenvalue weighted by molar-refractivity contribution is 5.94. The molecular weight excluding hydrogens is 488 g/mol. The lowest BCUT2D eigenvalue weighted by Gasteiger charge is -2.25. The summed E-state index contributed by atoms with van der Waals surface area (Å²) in [6.45, 7) is 3.18. The molecule has 0 bridgehead atoms. The van der Waals surface area contributed by atoms with Crippen molar-refractivity contribution < 1.29 is 29.4 Å². The highest BCUT2D eigenvalue weighted by atomic mass is 16.4. The number of aliphatic hydroxyl groups is 1. The van der Waals surface area contributed by atoms with Gasteiger partial charge in [0.05, 0.1) is 12.6 Å². The van der Waals surface area contributed by atoms with Gasteiger partial charge in [-0.25, -0.2) is 4.79 Å². The van der Waals surface area contributed by atoms with Crippen LogP contribution in [0.25, 0.3) is 0 Å². The molecule has 0 aromatic carbocycles. The van der Waals surface area contributed by atoms with Gasteiger partial charge in [0.15, 0.2) is 11.9 Å². The number of nitrogens with zero attached hydrogens (tertiary/aromatic N) is 2. The SMILES string of the molecule is CCC(C)C(N)C(=O)NC(CO)C(=O)NC(CCCN=C(N)N)C(=O)NC(CCCN=C(N)N)C(=O)O. The van der Waals surface area contributed by atoms with Gasteiger partial charge in [-0.05, 0) is 31.6 Å². The third kappa shape index (κ3) is 13.9. The standard InChI is InChI=1S/C21H42N10O6/c1-3-11(2)15(22)18(35)31-14(10-32)17(34)29-12(6-4-8-27-20(23)24)16(33)30-13(19(36)37)7-5-9-28-21(25)26/h11-15,32H,3-10,22H2,1-2H3,(H,29,34)(H,30,33)(H,31,35)(H,36,37)(H4,23,24,27)(H4,25,26,28). The summed E-state index contributed by atoms with van der Waals surface area (Å²) in [7, 11) is 0. The predicted octanol–water partition coefficient (Wildman–Crippen LogP) is -4.00. The van der Waals surface area contributed by atoms with Crippen molar-refractivity contribution in [2.75, 3.05) is 19.7 Å². The lowest BCUT2D eigenvalue weighted by molar-refractivity contribution is -0.142. The molecule has 0 heterocycles. The molecule has 0 saturated carbocycles. The number of carbonyl (C=O) groups is 4. The Morgan fingerprint density at radius 2 is 1.22 bits per heavy atom. The van der Waals surface area contributed by atoms with Crippen molar-refractivity contribution in [2.24, 2.45) is 44.6 Å². The van der Waals surface area contributed by atoms with Crippen molar-refractivity contribution in [1.29, 1.82) is 0 Å². The van der Waals surface area contributed by atoms with Crippen LogP contribution in [0.3, 0.4) is 0 Å². The molecule has 16 nitrogen and oxygen atoms in total. The summed E-state index contributed by atoms with van der Waals surface area (Å²) in [4.78, 5) is 57.3.